The van der Waals surface area contributed by atoms with Crippen molar-refractivity contribution < 1.29 is 4.79 Å². The van der Waals surface area contributed by atoms with Gasteiger partial charge in [-0.15, -0.1) is 0 Å². The molecule has 21 heavy (non-hydrogen) atoms. The van der Waals surface area contributed by atoms with Crippen LogP contribution in [-0.4, -0.2) is 10.9 Å². The van der Waals surface area contributed by atoms with E-state index in [2.05, 4.69) is 35.6 Å². The molecule has 0 aliphatic heterocycles. The van der Waals surface area contributed by atoms with Crippen LogP contribution < -0.4 is 5.32 Å². The Morgan fingerprint density at radius 2 is 2.19 bits per heavy atom. The van der Waals surface area contributed by atoms with Crippen molar-refractivity contribution in [3.8, 4) is 0 Å². The molecular weight excluding hydrogens is 280 g/mol. The number of thiophene rings is 1. The predicted octanol–water partition coefficient (Wildman–Crippen LogP) is 3.90. The number of hydrogen-bond acceptors (Lipinski definition) is 3. The fourth-order valence-corrected chi connectivity index (χ4v) is 3.02. The summed E-state index contributed by atoms with van der Waals surface area (Å²) < 4.78 is 0. The third-order valence-electron chi connectivity index (χ3n) is 3.55. The Labute approximate surface area is 130 Å². The second-order valence-corrected chi connectivity index (χ2v) is 6.41. The van der Waals surface area contributed by atoms with Gasteiger partial charge in [-0.25, -0.2) is 0 Å². The van der Waals surface area contributed by atoms with Gasteiger partial charge in [0, 0.05) is 12.6 Å². The summed E-state index contributed by atoms with van der Waals surface area (Å²) in [6.45, 7) is 6.26. The summed E-state index contributed by atoms with van der Waals surface area (Å²) in [7, 11) is 0. The number of nitrogens with zero attached hydrogens (tertiary/aromatic N) is 1. The maximum Gasteiger partial charge on any atom is 0.220 e. The molecule has 0 unspecified atom stereocenters. The molecule has 3 nitrogen and oxygen atoms in total. The van der Waals surface area contributed by atoms with Crippen LogP contribution in [0.1, 0.15) is 43.1 Å². The van der Waals surface area contributed by atoms with Crippen molar-refractivity contribution in [2.75, 3.05) is 0 Å². The molecule has 2 heterocycles. The van der Waals surface area contributed by atoms with Crippen molar-refractivity contribution in [2.24, 2.45) is 5.92 Å². The zero-order valence-electron chi connectivity index (χ0n) is 12.8. The molecule has 2 rings (SSSR count). The molecule has 0 aliphatic carbocycles. The average Bonchev–Trinajstić information content (AvgIpc) is 2.96. The lowest BCUT2D eigenvalue weighted by Crippen LogP contribution is -2.33. The summed E-state index contributed by atoms with van der Waals surface area (Å²) in [5.74, 6) is 0.397. The summed E-state index contributed by atoms with van der Waals surface area (Å²) in [6.07, 6.45) is 3.10. The van der Waals surface area contributed by atoms with E-state index in [-0.39, 0.29) is 11.9 Å². The summed E-state index contributed by atoms with van der Waals surface area (Å²) >= 11 is 1.67. The maximum atomic E-state index is 12.2. The molecule has 0 spiro atoms. The van der Waals surface area contributed by atoms with Crippen LogP contribution in [0.2, 0.25) is 0 Å². The first-order valence-corrected chi connectivity index (χ1v) is 8.24. The molecule has 0 aliphatic rings. The van der Waals surface area contributed by atoms with Crippen molar-refractivity contribution in [3.05, 3.63) is 52.0 Å². The SMILES string of the molecule is Cc1cccnc1[C@@H](NC(=O)CCc1ccsc1)C(C)C. The lowest BCUT2D eigenvalue weighted by atomic mass is 9.97. The zero-order chi connectivity index (χ0) is 15.2. The van der Waals surface area contributed by atoms with E-state index in [4.69, 9.17) is 0 Å². The molecule has 112 valence electrons. The fourth-order valence-electron chi connectivity index (χ4n) is 2.31. The monoisotopic (exact) mass is 302 g/mol. The Bertz CT molecular complexity index is 578. The van der Waals surface area contributed by atoms with Crippen LogP contribution in [0.5, 0.6) is 0 Å². The Kier molecular flexibility index (Phi) is 5.51. The van der Waals surface area contributed by atoms with Crippen LogP contribution in [0.25, 0.3) is 0 Å². The van der Waals surface area contributed by atoms with E-state index in [1.54, 1.807) is 17.5 Å². The van der Waals surface area contributed by atoms with Gasteiger partial charge in [0.15, 0.2) is 0 Å². The number of rotatable bonds is 6. The van der Waals surface area contributed by atoms with Crippen molar-refractivity contribution in [3.63, 3.8) is 0 Å². The molecule has 2 aromatic heterocycles. The third kappa shape index (κ3) is 4.39. The normalized spacial score (nSPS) is 12.4. The van der Waals surface area contributed by atoms with Crippen LogP contribution in [0, 0.1) is 12.8 Å². The van der Waals surface area contributed by atoms with Gasteiger partial charge in [-0.2, -0.15) is 11.3 Å². The number of aromatic nitrogens is 1. The second-order valence-electron chi connectivity index (χ2n) is 5.63. The lowest BCUT2D eigenvalue weighted by Gasteiger charge is -2.23. The molecular formula is C17H22N2OS. The molecule has 0 saturated carbocycles. The molecule has 0 fully saturated rings. The number of hydrogen-bond donors (Lipinski definition) is 1. The first-order chi connectivity index (χ1) is 10.1. The van der Waals surface area contributed by atoms with E-state index in [0.29, 0.717) is 12.3 Å². The van der Waals surface area contributed by atoms with Gasteiger partial charge >= 0.3 is 0 Å². The quantitative estimate of drug-likeness (QED) is 0.879. The van der Waals surface area contributed by atoms with Gasteiger partial charge in [0.05, 0.1) is 11.7 Å². The molecule has 1 N–H and O–H groups in total. The fraction of sp³-hybridized carbons (Fsp3) is 0.412. The number of aryl methyl sites for hydroxylation is 2. The number of nitrogens with one attached hydrogen (secondary N) is 1. The highest BCUT2D eigenvalue weighted by atomic mass is 32.1. The first-order valence-electron chi connectivity index (χ1n) is 7.30. The van der Waals surface area contributed by atoms with Crippen molar-refractivity contribution in [1.82, 2.24) is 10.3 Å². The highest BCUT2D eigenvalue weighted by Gasteiger charge is 2.20. The first kappa shape index (κ1) is 15.7. The van der Waals surface area contributed by atoms with Gasteiger partial charge in [0.2, 0.25) is 5.91 Å². The van der Waals surface area contributed by atoms with E-state index in [1.807, 2.05) is 24.4 Å². The predicted molar refractivity (Wildman–Crippen MR) is 87.3 cm³/mol. The molecule has 4 heteroatoms. The van der Waals surface area contributed by atoms with Crippen LogP contribution in [-0.2, 0) is 11.2 Å². The Balaban J connectivity index is 2.00. The largest absolute Gasteiger partial charge is 0.347 e. The second kappa shape index (κ2) is 7.36. The molecule has 0 bridgehead atoms. The van der Waals surface area contributed by atoms with Crippen LogP contribution in [0.15, 0.2) is 35.2 Å². The van der Waals surface area contributed by atoms with E-state index >= 15 is 0 Å². The average molecular weight is 302 g/mol. The Hall–Kier alpha value is -1.68. The number of amides is 1. The standard InChI is InChI=1S/C17H22N2OS/c1-12(2)16(17-13(3)5-4-9-18-17)19-15(20)7-6-14-8-10-21-11-14/h4-5,8-12,16H,6-7H2,1-3H3,(H,19,20)/t16-/m0/s1. The minimum atomic E-state index is -0.0267. The Morgan fingerprint density at radius 1 is 1.38 bits per heavy atom. The number of pyridine rings is 1. The Morgan fingerprint density at radius 3 is 2.81 bits per heavy atom. The van der Waals surface area contributed by atoms with Gasteiger partial charge in [0.25, 0.3) is 0 Å². The third-order valence-corrected chi connectivity index (χ3v) is 4.28. The van der Waals surface area contributed by atoms with E-state index in [1.165, 1.54) is 5.56 Å². The summed E-state index contributed by atoms with van der Waals surface area (Å²) in [4.78, 5) is 16.7. The molecule has 0 aromatic carbocycles. The number of carbonyl (C=O) groups is 1. The van der Waals surface area contributed by atoms with Crippen molar-refractivity contribution in [2.45, 2.75) is 39.7 Å². The molecule has 0 radical (unpaired) electrons. The topological polar surface area (TPSA) is 42.0 Å². The summed E-state index contributed by atoms with van der Waals surface area (Å²) in [5.41, 5.74) is 3.32. The highest BCUT2D eigenvalue weighted by Crippen LogP contribution is 2.22. The van der Waals surface area contributed by atoms with Gasteiger partial charge in [0.1, 0.15) is 0 Å². The van der Waals surface area contributed by atoms with Gasteiger partial charge in [-0.1, -0.05) is 19.9 Å². The summed E-state index contributed by atoms with van der Waals surface area (Å²) in [6, 6.07) is 6.01. The zero-order valence-corrected chi connectivity index (χ0v) is 13.6. The van der Waals surface area contributed by atoms with Crippen LogP contribution in [0.3, 0.4) is 0 Å². The molecule has 1 atom stereocenters. The van der Waals surface area contributed by atoms with Crippen LogP contribution in [0.4, 0.5) is 0 Å². The minimum absolute atomic E-state index is 0.0267. The van der Waals surface area contributed by atoms with Crippen molar-refractivity contribution >= 4 is 17.2 Å². The highest BCUT2D eigenvalue weighted by molar-refractivity contribution is 7.07. The van der Waals surface area contributed by atoms with E-state index < -0.39 is 0 Å². The van der Waals surface area contributed by atoms with Crippen LogP contribution >= 0.6 is 11.3 Å². The maximum absolute atomic E-state index is 12.2. The minimum Gasteiger partial charge on any atom is -0.347 e. The summed E-state index contributed by atoms with van der Waals surface area (Å²) in [5, 5.41) is 7.27. The van der Waals surface area contributed by atoms with E-state index in [0.717, 1.165) is 17.7 Å². The van der Waals surface area contributed by atoms with Gasteiger partial charge in [-0.05, 0) is 53.3 Å². The molecule has 0 saturated heterocycles. The lowest BCUT2D eigenvalue weighted by molar-refractivity contribution is -0.122. The van der Waals surface area contributed by atoms with Crippen molar-refractivity contribution in [1.29, 1.82) is 0 Å². The van der Waals surface area contributed by atoms with E-state index in [9.17, 15) is 4.79 Å². The molecule has 2 aromatic rings. The smallest absolute Gasteiger partial charge is 0.220 e. The number of carbonyl (C=O) groups excluding carboxylic acids is 1. The van der Waals surface area contributed by atoms with Gasteiger partial charge in [-0.3, -0.25) is 9.78 Å². The van der Waals surface area contributed by atoms with Gasteiger partial charge < -0.3 is 5.32 Å². The molecule has 1 amide bonds.